The Morgan fingerprint density at radius 3 is 2.81 bits per heavy atom. The number of carbonyl (C=O) groups is 1. The van der Waals surface area contributed by atoms with Gasteiger partial charge in [-0.05, 0) is 84.1 Å². The number of nitrogens with zero attached hydrogens (tertiary/aromatic N) is 2. The van der Waals surface area contributed by atoms with Crippen LogP contribution in [0.1, 0.15) is 65.6 Å². The largest absolute Gasteiger partial charge is 0.366 e. The molecule has 1 fully saturated rings. The summed E-state index contributed by atoms with van der Waals surface area (Å²) in [5.74, 6) is 1.66. The predicted octanol–water partition coefficient (Wildman–Crippen LogP) is 4.13. The van der Waals surface area contributed by atoms with Gasteiger partial charge in [0.15, 0.2) is 0 Å². The Kier molecular flexibility index (Phi) is 3.71. The van der Waals surface area contributed by atoms with Crippen LogP contribution in [0, 0.1) is 17.3 Å². The van der Waals surface area contributed by atoms with Gasteiger partial charge < -0.3 is 5.73 Å². The Labute approximate surface area is 159 Å². The maximum atomic E-state index is 11.5. The van der Waals surface area contributed by atoms with Crippen LogP contribution in [0.25, 0.3) is 5.57 Å². The molecule has 4 atom stereocenters. The monoisotopic (exact) mass is 359 g/mol. The van der Waals surface area contributed by atoms with E-state index in [4.69, 9.17) is 5.73 Å². The highest BCUT2D eigenvalue weighted by molar-refractivity contribution is 5.93. The smallest absolute Gasteiger partial charge is 0.248 e. The van der Waals surface area contributed by atoms with Gasteiger partial charge in [0.05, 0.1) is 0 Å². The maximum Gasteiger partial charge on any atom is 0.248 e. The van der Waals surface area contributed by atoms with Gasteiger partial charge in [0.25, 0.3) is 0 Å². The molecule has 3 aliphatic rings. The van der Waals surface area contributed by atoms with Gasteiger partial charge in [0, 0.05) is 23.5 Å². The van der Waals surface area contributed by atoms with Gasteiger partial charge in [0.1, 0.15) is 6.33 Å². The molecule has 0 aliphatic heterocycles. The third-order valence-electron chi connectivity index (χ3n) is 7.46. The SMILES string of the molecule is C[C@]12CC[C@@H]3c4ccc(C(N)=O)cc4CC[C@H]3[C@@H]1CC=C2c1cncnc1. The van der Waals surface area contributed by atoms with Crippen molar-refractivity contribution in [3.05, 3.63) is 65.2 Å². The first-order valence-electron chi connectivity index (χ1n) is 9.96. The van der Waals surface area contributed by atoms with Gasteiger partial charge in [-0.1, -0.05) is 19.1 Å². The molecule has 4 heteroatoms. The Morgan fingerprint density at radius 1 is 1.22 bits per heavy atom. The van der Waals surface area contributed by atoms with Crippen LogP contribution < -0.4 is 5.73 Å². The first-order valence-corrected chi connectivity index (χ1v) is 9.96. The molecule has 1 heterocycles. The Bertz CT molecular complexity index is 936. The van der Waals surface area contributed by atoms with Crippen LogP contribution in [0.3, 0.4) is 0 Å². The second-order valence-corrected chi connectivity index (χ2v) is 8.63. The second kappa shape index (κ2) is 6.01. The van der Waals surface area contributed by atoms with Crippen LogP contribution in [-0.4, -0.2) is 15.9 Å². The van der Waals surface area contributed by atoms with Crippen molar-refractivity contribution in [3.8, 4) is 0 Å². The number of aromatic nitrogens is 2. The summed E-state index contributed by atoms with van der Waals surface area (Å²) >= 11 is 0. The highest BCUT2D eigenvalue weighted by Crippen LogP contribution is 2.62. The number of carbonyl (C=O) groups excluding carboxylic acids is 1. The number of aryl methyl sites for hydroxylation is 1. The molecular formula is C23H25N3O. The molecule has 1 amide bonds. The molecule has 0 saturated heterocycles. The van der Waals surface area contributed by atoms with Crippen LogP contribution in [0.5, 0.6) is 0 Å². The molecule has 5 rings (SSSR count). The van der Waals surface area contributed by atoms with Crippen molar-refractivity contribution in [1.82, 2.24) is 9.97 Å². The van der Waals surface area contributed by atoms with Crippen LogP contribution in [0.2, 0.25) is 0 Å². The van der Waals surface area contributed by atoms with Crippen LogP contribution >= 0.6 is 0 Å². The molecule has 0 unspecified atom stereocenters. The molecule has 1 aromatic heterocycles. The summed E-state index contributed by atoms with van der Waals surface area (Å²) in [7, 11) is 0. The van der Waals surface area contributed by atoms with E-state index in [1.54, 1.807) is 6.33 Å². The summed E-state index contributed by atoms with van der Waals surface area (Å²) in [5, 5.41) is 0. The lowest BCUT2D eigenvalue weighted by Gasteiger charge is -2.50. The molecule has 3 aliphatic carbocycles. The number of hydrogen-bond acceptors (Lipinski definition) is 3. The summed E-state index contributed by atoms with van der Waals surface area (Å²) in [6, 6.07) is 6.11. The average molecular weight is 359 g/mol. The van der Waals surface area contributed by atoms with Crippen molar-refractivity contribution in [2.24, 2.45) is 23.0 Å². The van der Waals surface area contributed by atoms with Gasteiger partial charge in [-0.2, -0.15) is 0 Å². The Balaban J connectivity index is 1.47. The van der Waals surface area contributed by atoms with Crippen molar-refractivity contribution < 1.29 is 4.79 Å². The number of nitrogens with two attached hydrogens (primary N) is 1. The molecule has 27 heavy (non-hydrogen) atoms. The van der Waals surface area contributed by atoms with Gasteiger partial charge in [-0.15, -0.1) is 0 Å². The number of allylic oxidation sites excluding steroid dienone is 2. The summed E-state index contributed by atoms with van der Waals surface area (Å²) in [6.07, 6.45) is 13.8. The number of hydrogen-bond donors (Lipinski definition) is 1. The lowest BCUT2D eigenvalue weighted by atomic mass is 9.54. The van der Waals surface area contributed by atoms with Crippen LogP contribution in [0.15, 0.2) is 43.0 Å². The molecule has 0 bridgehead atoms. The zero-order chi connectivity index (χ0) is 18.6. The molecule has 138 valence electrons. The van der Waals surface area contributed by atoms with Crippen molar-refractivity contribution in [1.29, 1.82) is 0 Å². The lowest BCUT2D eigenvalue weighted by Crippen LogP contribution is -2.41. The van der Waals surface area contributed by atoms with E-state index in [9.17, 15) is 4.79 Å². The highest BCUT2D eigenvalue weighted by atomic mass is 16.1. The fraction of sp³-hybridized carbons (Fsp3) is 0.435. The minimum absolute atomic E-state index is 0.219. The number of amides is 1. The van der Waals surface area contributed by atoms with Gasteiger partial charge in [-0.25, -0.2) is 9.97 Å². The fourth-order valence-corrected chi connectivity index (χ4v) is 6.19. The van der Waals surface area contributed by atoms with Gasteiger partial charge >= 0.3 is 0 Å². The topological polar surface area (TPSA) is 68.9 Å². The van der Waals surface area contributed by atoms with Gasteiger partial charge in [-0.3, -0.25) is 4.79 Å². The fourth-order valence-electron chi connectivity index (χ4n) is 6.19. The van der Waals surface area contributed by atoms with Crippen molar-refractivity contribution in [2.75, 3.05) is 0 Å². The first-order chi connectivity index (χ1) is 13.1. The van der Waals surface area contributed by atoms with Crippen molar-refractivity contribution in [3.63, 3.8) is 0 Å². The summed E-state index contributed by atoms with van der Waals surface area (Å²) in [5.41, 5.74) is 11.8. The zero-order valence-corrected chi connectivity index (χ0v) is 15.7. The average Bonchev–Trinajstić information content (AvgIpc) is 3.05. The maximum absolute atomic E-state index is 11.5. The van der Waals surface area contributed by atoms with E-state index in [1.165, 1.54) is 41.5 Å². The highest BCUT2D eigenvalue weighted by Gasteiger charge is 2.51. The number of benzene rings is 1. The molecule has 1 saturated carbocycles. The van der Waals surface area contributed by atoms with E-state index in [0.717, 1.165) is 12.8 Å². The van der Waals surface area contributed by atoms with E-state index in [-0.39, 0.29) is 11.3 Å². The normalized spacial score (nSPS) is 31.4. The zero-order valence-electron chi connectivity index (χ0n) is 15.7. The molecular weight excluding hydrogens is 334 g/mol. The first kappa shape index (κ1) is 16.7. The molecule has 2 N–H and O–H groups in total. The summed E-state index contributed by atoms with van der Waals surface area (Å²) < 4.78 is 0. The third-order valence-corrected chi connectivity index (χ3v) is 7.46. The van der Waals surface area contributed by atoms with E-state index < -0.39 is 0 Å². The van der Waals surface area contributed by atoms with Crippen LogP contribution in [-0.2, 0) is 6.42 Å². The Hall–Kier alpha value is -2.49. The van der Waals surface area contributed by atoms with Crippen molar-refractivity contribution >= 4 is 11.5 Å². The molecule has 1 aromatic carbocycles. The number of primary amides is 1. The van der Waals surface area contributed by atoms with Crippen molar-refractivity contribution in [2.45, 2.75) is 44.9 Å². The van der Waals surface area contributed by atoms with Crippen LogP contribution in [0.4, 0.5) is 0 Å². The molecule has 2 aromatic rings. The quantitative estimate of drug-likeness (QED) is 0.877. The minimum Gasteiger partial charge on any atom is -0.366 e. The Morgan fingerprint density at radius 2 is 2.04 bits per heavy atom. The third kappa shape index (κ3) is 2.46. The summed E-state index contributed by atoms with van der Waals surface area (Å²) in [6.45, 7) is 2.45. The predicted molar refractivity (Wildman–Crippen MR) is 105 cm³/mol. The number of fused-ring (bicyclic) bond motifs is 5. The second-order valence-electron chi connectivity index (χ2n) is 8.63. The van der Waals surface area contributed by atoms with E-state index in [1.807, 2.05) is 24.5 Å². The van der Waals surface area contributed by atoms with E-state index in [2.05, 4.69) is 29.0 Å². The number of rotatable bonds is 2. The molecule has 0 radical (unpaired) electrons. The summed E-state index contributed by atoms with van der Waals surface area (Å²) in [4.78, 5) is 20.0. The standard InChI is InChI=1S/C23H25N3O/c1-23-9-8-18-17-4-3-15(22(24)27)10-14(17)2-5-19(18)21(23)7-6-20(23)16-11-25-13-26-12-16/h3-4,6,10-13,18-19,21H,2,5,7-9H2,1H3,(H2,24,27)/t18-,19-,21+,23-/m1/s1. The minimum atomic E-state index is -0.328. The molecule has 4 nitrogen and oxygen atoms in total. The van der Waals surface area contributed by atoms with E-state index >= 15 is 0 Å². The lowest BCUT2D eigenvalue weighted by molar-refractivity contribution is 0.0884. The van der Waals surface area contributed by atoms with E-state index in [0.29, 0.717) is 23.3 Å². The van der Waals surface area contributed by atoms with Gasteiger partial charge in [0.2, 0.25) is 5.91 Å². The molecule has 0 spiro atoms.